The number of aliphatic hydroxyl groups is 4. The molecule has 10 heavy (non-hydrogen) atoms. The molecular formula is C6H14O4. The van der Waals surface area contributed by atoms with Crippen molar-refractivity contribution in [3.05, 3.63) is 0 Å². The van der Waals surface area contributed by atoms with Crippen LogP contribution in [0, 0.1) is 0 Å². The first-order valence-electron chi connectivity index (χ1n) is 3.28. The number of hydrogen-bond donors (Lipinski definition) is 4. The predicted octanol–water partition coefficient (Wildman–Crippen LogP) is -1.53. The molecule has 0 aromatic carbocycles. The van der Waals surface area contributed by atoms with Gasteiger partial charge in [-0.3, -0.25) is 0 Å². The van der Waals surface area contributed by atoms with Crippen LogP contribution in [0.4, 0.5) is 0 Å². The summed E-state index contributed by atoms with van der Waals surface area (Å²) in [5.74, 6) is 0. The highest BCUT2D eigenvalue weighted by Crippen LogP contribution is 2.02. The van der Waals surface area contributed by atoms with Crippen molar-refractivity contribution in [2.45, 2.75) is 31.7 Å². The van der Waals surface area contributed by atoms with E-state index in [0.29, 0.717) is 6.42 Å². The second-order valence-electron chi connectivity index (χ2n) is 2.22. The summed E-state index contributed by atoms with van der Waals surface area (Å²) in [6, 6.07) is 0. The van der Waals surface area contributed by atoms with E-state index in [2.05, 4.69) is 0 Å². The molecule has 0 fully saturated rings. The molecule has 0 saturated heterocycles. The quantitative estimate of drug-likeness (QED) is 0.392. The van der Waals surface area contributed by atoms with Gasteiger partial charge in [-0.1, -0.05) is 6.92 Å². The summed E-state index contributed by atoms with van der Waals surface area (Å²) in [6.07, 6.45) is -3.08. The highest BCUT2D eigenvalue weighted by atomic mass is 16.4. The molecule has 0 aliphatic carbocycles. The van der Waals surface area contributed by atoms with E-state index in [1.807, 2.05) is 0 Å². The molecule has 3 atom stereocenters. The molecule has 0 unspecified atom stereocenters. The van der Waals surface area contributed by atoms with Gasteiger partial charge in [-0.05, 0) is 6.42 Å². The predicted molar refractivity (Wildman–Crippen MR) is 35.4 cm³/mol. The van der Waals surface area contributed by atoms with Crippen LogP contribution < -0.4 is 0 Å². The average Bonchev–Trinajstić information content (AvgIpc) is 2.00. The molecule has 0 aromatic rings. The molecule has 0 spiro atoms. The fourth-order valence-corrected chi connectivity index (χ4v) is 0.606. The molecule has 0 radical (unpaired) electrons. The summed E-state index contributed by atoms with van der Waals surface area (Å²) < 4.78 is 0. The standard InChI is InChI=1S/C6H14O4/c1-2-4(8)6(10)5(9)3-7/h4-10H,2-3H2,1H3/t4-,5-,6-/m1/s1. The summed E-state index contributed by atoms with van der Waals surface area (Å²) in [7, 11) is 0. The summed E-state index contributed by atoms with van der Waals surface area (Å²) in [6.45, 7) is 1.15. The third-order valence-corrected chi connectivity index (χ3v) is 1.39. The lowest BCUT2D eigenvalue weighted by Gasteiger charge is -2.19. The van der Waals surface area contributed by atoms with Gasteiger partial charge in [0.15, 0.2) is 0 Å². The van der Waals surface area contributed by atoms with E-state index in [1.165, 1.54) is 0 Å². The van der Waals surface area contributed by atoms with Crippen molar-refractivity contribution >= 4 is 0 Å². The molecule has 62 valence electrons. The molecule has 0 aliphatic rings. The molecule has 0 aromatic heterocycles. The van der Waals surface area contributed by atoms with E-state index < -0.39 is 24.9 Å². The Morgan fingerprint density at radius 2 is 1.60 bits per heavy atom. The second kappa shape index (κ2) is 4.62. The summed E-state index contributed by atoms with van der Waals surface area (Å²) >= 11 is 0. The van der Waals surface area contributed by atoms with E-state index in [4.69, 9.17) is 20.4 Å². The largest absolute Gasteiger partial charge is 0.394 e. The number of rotatable bonds is 4. The van der Waals surface area contributed by atoms with Crippen LogP contribution in [-0.2, 0) is 0 Å². The van der Waals surface area contributed by atoms with Crippen LogP contribution in [0.3, 0.4) is 0 Å². The van der Waals surface area contributed by atoms with Crippen LogP contribution >= 0.6 is 0 Å². The van der Waals surface area contributed by atoms with Gasteiger partial charge < -0.3 is 20.4 Å². The van der Waals surface area contributed by atoms with E-state index in [-0.39, 0.29) is 0 Å². The molecule has 0 amide bonds. The van der Waals surface area contributed by atoms with Gasteiger partial charge in [0.1, 0.15) is 12.2 Å². The first kappa shape index (κ1) is 9.84. The first-order chi connectivity index (χ1) is 4.63. The fourth-order valence-electron chi connectivity index (χ4n) is 0.606. The zero-order chi connectivity index (χ0) is 8.15. The maximum atomic E-state index is 8.93. The highest BCUT2D eigenvalue weighted by Gasteiger charge is 2.21. The smallest absolute Gasteiger partial charge is 0.108 e. The summed E-state index contributed by atoms with van der Waals surface area (Å²) in [5, 5.41) is 34.9. The van der Waals surface area contributed by atoms with E-state index in [1.54, 1.807) is 6.92 Å². The Balaban J connectivity index is 3.69. The van der Waals surface area contributed by atoms with Gasteiger partial charge in [0.2, 0.25) is 0 Å². The molecule has 0 heterocycles. The van der Waals surface area contributed by atoms with Gasteiger partial charge >= 0.3 is 0 Å². The zero-order valence-corrected chi connectivity index (χ0v) is 5.94. The van der Waals surface area contributed by atoms with Crippen molar-refractivity contribution in [1.82, 2.24) is 0 Å². The summed E-state index contributed by atoms with van der Waals surface area (Å²) in [5.41, 5.74) is 0. The van der Waals surface area contributed by atoms with Crippen molar-refractivity contribution in [2.75, 3.05) is 6.61 Å². The van der Waals surface area contributed by atoms with Gasteiger partial charge in [0, 0.05) is 0 Å². The van der Waals surface area contributed by atoms with Gasteiger partial charge in [-0.15, -0.1) is 0 Å². The Labute approximate surface area is 59.7 Å². The third kappa shape index (κ3) is 2.62. The molecule has 0 aliphatic heterocycles. The Morgan fingerprint density at radius 3 is 1.90 bits per heavy atom. The minimum atomic E-state index is -1.24. The lowest BCUT2D eigenvalue weighted by atomic mass is 10.1. The van der Waals surface area contributed by atoms with E-state index >= 15 is 0 Å². The van der Waals surface area contributed by atoms with E-state index in [9.17, 15) is 0 Å². The Morgan fingerprint density at radius 1 is 1.10 bits per heavy atom. The Kier molecular flexibility index (Phi) is 4.55. The van der Waals surface area contributed by atoms with Crippen LogP contribution in [0.25, 0.3) is 0 Å². The number of hydrogen-bond acceptors (Lipinski definition) is 4. The number of aliphatic hydroxyl groups excluding tert-OH is 4. The lowest BCUT2D eigenvalue weighted by molar-refractivity contribution is -0.0767. The van der Waals surface area contributed by atoms with Crippen molar-refractivity contribution < 1.29 is 20.4 Å². The van der Waals surface area contributed by atoms with Gasteiger partial charge in [0.25, 0.3) is 0 Å². The maximum Gasteiger partial charge on any atom is 0.108 e. The topological polar surface area (TPSA) is 80.9 Å². The molecule has 4 N–H and O–H groups in total. The normalized spacial score (nSPS) is 20.1. The fraction of sp³-hybridized carbons (Fsp3) is 1.00. The van der Waals surface area contributed by atoms with Gasteiger partial charge in [-0.25, -0.2) is 0 Å². The minimum absolute atomic E-state index is 0.359. The monoisotopic (exact) mass is 150 g/mol. The van der Waals surface area contributed by atoms with Crippen LogP contribution in [0.15, 0.2) is 0 Å². The van der Waals surface area contributed by atoms with Crippen LogP contribution in [0.5, 0.6) is 0 Å². The first-order valence-corrected chi connectivity index (χ1v) is 3.28. The molecular weight excluding hydrogens is 136 g/mol. The molecule has 0 rings (SSSR count). The highest BCUT2D eigenvalue weighted by molar-refractivity contribution is 4.72. The minimum Gasteiger partial charge on any atom is -0.394 e. The Hall–Kier alpha value is -0.160. The lowest BCUT2D eigenvalue weighted by Crippen LogP contribution is -2.38. The van der Waals surface area contributed by atoms with Crippen LogP contribution in [0.2, 0.25) is 0 Å². The molecule has 0 bridgehead atoms. The Bertz CT molecular complexity index is 75.8. The van der Waals surface area contributed by atoms with E-state index in [0.717, 1.165) is 0 Å². The summed E-state index contributed by atoms with van der Waals surface area (Å²) in [4.78, 5) is 0. The van der Waals surface area contributed by atoms with Crippen molar-refractivity contribution in [3.63, 3.8) is 0 Å². The SMILES string of the molecule is CC[C@@H](O)[C@@H](O)[C@H](O)CO. The second-order valence-corrected chi connectivity index (χ2v) is 2.22. The van der Waals surface area contributed by atoms with Crippen LogP contribution in [-0.4, -0.2) is 45.3 Å². The van der Waals surface area contributed by atoms with Gasteiger partial charge in [-0.2, -0.15) is 0 Å². The molecule has 0 saturated carbocycles. The van der Waals surface area contributed by atoms with Crippen molar-refractivity contribution in [2.24, 2.45) is 0 Å². The maximum absolute atomic E-state index is 8.93. The van der Waals surface area contributed by atoms with Crippen molar-refractivity contribution in [1.29, 1.82) is 0 Å². The molecule has 4 nitrogen and oxygen atoms in total. The van der Waals surface area contributed by atoms with Crippen molar-refractivity contribution in [3.8, 4) is 0 Å². The van der Waals surface area contributed by atoms with Crippen LogP contribution in [0.1, 0.15) is 13.3 Å². The molecule has 4 heteroatoms. The third-order valence-electron chi connectivity index (χ3n) is 1.39. The zero-order valence-electron chi connectivity index (χ0n) is 5.94. The average molecular weight is 150 g/mol. The van der Waals surface area contributed by atoms with Gasteiger partial charge in [0.05, 0.1) is 12.7 Å².